The van der Waals surface area contributed by atoms with Crippen LogP contribution < -0.4 is 0 Å². The summed E-state index contributed by atoms with van der Waals surface area (Å²) in [5, 5.41) is 11.0. The zero-order valence-corrected chi connectivity index (χ0v) is 12.4. The van der Waals surface area contributed by atoms with Crippen LogP contribution >= 0.6 is 11.3 Å². The molecule has 1 atom stereocenters. The highest BCUT2D eigenvalue weighted by molar-refractivity contribution is 7.09. The maximum Gasteiger partial charge on any atom is 0.434 e. The van der Waals surface area contributed by atoms with E-state index in [1.54, 1.807) is 30.3 Å². The number of aromatic nitrogens is 1. The molecule has 1 amide bonds. The second-order valence-corrected chi connectivity index (χ2v) is 5.57. The molecule has 0 aliphatic carbocycles. The Morgan fingerprint density at radius 3 is 2.55 bits per heavy atom. The third-order valence-corrected chi connectivity index (χ3v) is 3.77. The first-order valence-corrected chi connectivity index (χ1v) is 7.16. The number of likely N-dealkylation sites (N-methyl/N-ethyl adjacent to an activating group) is 1. The quantitative estimate of drug-likeness (QED) is 0.938. The minimum atomic E-state index is -4.50. The van der Waals surface area contributed by atoms with Gasteiger partial charge in [0.25, 0.3) is 5.91 Å². The van der Waals surface area contributed by atoms with Crippen molar-refractivity contribution in [2.24, 2.45) is 0 Å². The first-order chi connectivity index (χ1) is 10.3. The first kappa shape index (κ1) is 16.4. The van der Waals surface area contributed by atoms with Crippen LogP contribution in [0, 0.1) is 0 Å². The van der Waals surface area contributed by atoms with Gasteiger partial charge in [-0.05, 0) is 5.56 Å². The Hall–Kier alpha value is -1.93. The van der Waals surface area contributed by atoms with Gasteiger partial charge in [0.15, 0.2) is 11.8 Å². The first-order valence-electron chi connectivity index (χ1n) is 6.28. The average Bonchev–Trinajstić information content (AvgIpc) is 2.95. The molecule has 0 saturated carbocycles. The molecule has 1 unspecified atom stereocenters. The monoisotopic (exact) mass is 330 g/mol. The van der Waals surface area contributed by atoms with E-state index in [1.165, 1.54) is 7.05 Å². The fourth-order valence-corrected chi connectivity index (χ4v) is 2.63. The molecule has 1 N–H and O–H groups in total. The molecular formula is C14H13F3N2O2S. The summed E-state index contributed by atoms with van der Waals surface area (Å²) < 4.78 is 37.4. The maximum atomic E-state index is 12.5. The molecule has 118 valence electrons. The Balaban J connectivity index is 2.04. The fraction of sp³-hybridized carbons (Fsp3) is 0.286. The molecule has 0 aliphatic heterocycles. The van der Waals surface area contributed by atoms with Gasteiger partial charge in [-0.15, -0.1) is 11.3 Å². The summed E-state index contributed by atoms with van der Waals surface area (Å²) in [7, 11) is 1.41. The van der Waals surface area contributed by atoms with E-state index < -0.39 is 23.9 Å². The Labute approximate surface area is 128 Å². The second-order valence-electron chi connectivity index (χ2n) is 4.63. The molecular weight excluding hydrogens is 317 g/mol. The largest absolute Gasteiger partial charge is 0.434 e. The van der Waals surface area contributed by atoms with Gasteiger partial charge in [0.05, 0.1) is 6.54 Å². The average molecular weight is 330 g/mol. The van der Waals surface area contributed by atoms with Crippen molar-refractivity contribution in [2.45, 2.75) is 18.8 Å². The lowest BCUT2D eigenvalue weighted by atomic mass is 10.1. The van der Waals surface area contributed by atoms with Gasteiger partial charge in [0.2, 0.25) is 0 Å². The molecule has 0 aliphatic rings. The minimum absolute atomic E-state index is 0.0938. The number of carbonyl (C=O) groups excluding carboxylic acids is 1. The molecule has 2 rings (SSSR count). The SMILES string of the molecule is CN(Cc1nc(C(F)(F)F)cs1)C(=O)C(O)c1ccccc1. The lowest BCUT2D eigenvalue weighted by Crippen LogP contribution is -2.31. The summed E-state index contributed by atoms with van der Waals surface area (Å²) in [6, 6.07) is 8.31. The predicted molar refractivity (Wildman–Crippen MR) is 75.0 cm³/mol. The highest BCUT2D eigenvalue weighted by Crippen LogP contribution is 2.30. The molecule has 1 aromatic heterocycles. The van der Waals surface area contributed by atoms with Gasteiger partial charge in [0.1, 0.15) is 5.01 Å². The molecule has 1 aromatic carbocycles. The summed E-state index contributed by atoms with van der Waals surface area (Å²) >= 11 is 0.823. The number of hydrogen-bond acceptors (Lipinski definition) is 4. The standard InChI is InChI=1S/C14H13F3N2O2S/c1-19(7-11-18-10(8-22-11)14(15,16)17)13(21)12(20)9-5-3-2-4-6-9/h2-6,8,12,20H,7H2,1H3. The van der Waals surface area contributed by atoms with Crippen LogP contribution in [0.1, 0.15) is 22.4 Å². The van der Waals surface area contributed by atoms with E-state index >= 15 is 0 Å². The van der Waals surface area contributed by atoms with Crippen LogP contribution in [-0.2, 0) is 17.5 Å². The van der Waals surface area contributed by atoms with E-state index in [9.17, 15) is 23.1 Å². The number of amides is 1. The van der Waals surface area contributed by atoms with E-state index in [1.807, 2.05) is 0 Å². The number of aliphatic hydroxyl groups excluding tert-OH is 1. The highest BCUT2D eigenvalue weighted by atomic mass is 32.1. The summed E-state index contributed by atoms with van der Waals surface area (Å²) in [6.07, 6.45) is -5.85. The number of alkyl halides is 3. The van der Waals surface area contributed by atoms with Crippen molar-refractivity contribution in [2.75, 3.05) is 7.05 Å². The molecule has 0 saturated heterocycles. The molecule has 0 bridgehead atoms. The van der Waals surface area contributed by atoms with Crippen LogP contribution in [0.15, 0.2) is 35.7 Å². The van der Waals surface area contributed by atoms with E-state index in [0.29, 0.717) is 5.56 Å². The van der Waals surface area contributed by atoms with Crippen LogP contribution in [0.4, 0.5) is 13.2 Å². The van der Waals surface area contributed by atoms with Gasteiger partial charge < -0.3 is 10.0 Å². The van der Waals surface area contributed by atoms with Gasteiger partial charge in [-0.25, -0.2) is 4.98 Å². The van der Waals surface area contributed by atoms with Crippen molar-refractivity contribution in [3.8, 4) is 0 Å². The third-order valence-electron chi connectivity index (χ3n) is 2.94. The van der Waals surface area contributed by atoms with Gasteiger partial charge in [0, 0.05) is 12.4 Å². The number of carbonyl (C=O) groups is 1. The van der Waals surface area contributed by atoms with Gasteiger partial charge in [-0.2, -0.15) is 13.2 Å². The summed E-state index contributed by atoms with van der Waals surface area (Å²) in [6.45, 7) is -0.0938. The van der Waals surface area contributed by atoms with Crippen molar-refractivity contribution in [3.63, 3.8) is 0 Å². The van der Waals surface area contributed by atoms with E-state index in [4.69, 9.17) is 0 Å². The van der Waals surface area contributed by atoms with E-state index in [-0.39, 0.29) is 11.6 Å². The van der Waals surface area contributed by atoms with Crippen molar-refractivity contribution in [1.29, 1.82) is 0 Å². The molecule has 1 heterocycles. The zero-order valence-electron chi connectivity index (χ0n) is 11.5. The Morgan fingerprint density at radius 1 is 1.36 bits per heavy atom. The van der Waals surface area contributed by atoms with Crippen molar-refractivity contribution in [1.82, 2.24) is 9.88 Å². The Bertz CT molecular complexity index is 643. The Kier molecular flexibility index (Phi) is 4.82. The molecule has 0 radical (unpaired) electrons. The summed E-state index contributed by atoms with van der Waals surface area (Å²) in [5.74, 6) is -0.602. The van der Waals surface area contributed by atoms with Crippen LogP contribution in [0.25, 0.3) is 0 Å². The molecule has 0 fully saturated rings. The fourth-order valence-electron chi connectivity index (χ4n) is 1.78. The van der Waals surface area contributed by atoms with Crippen LogP contribution in [0.5, 0.6) is 0 Å². The van der Waals surface area contributed by atoms with E-state index in [0.717, 1.165) is 21.6 Å². The lowest BCUT2D eigenvalue weighted by Gasteiger charge is -2.19. The van der Waals surface area contributed by atoms with Crippen molar-refractivity contribution >= 4 is 17.2 Å². The van der Waals surface area contributed by atoms with Crippen molar-refractivity contribution in [3.05, 3.63) is 52.0 Å². The normalized spacial score (nSPS) is 13.0. The van der Waals surface area contributed by atoms with Crippen LogP contribution in [0.2, 0.25) is 0 Å². The zero-order chi connectivity index (χ0) is 16.3. The van der Waals surface area contributed by atoms with E-state index in [2.05, 4.69) is 4.98 Å². The predicted octanol–water partition coefficient (Wildman–Crippen LogP) is 2.85. The summed E-state index contributed by atoms with van der Waals surface area (Å²) in [5.41, 5.74) is -0.550. The van der Waals surface area contributed by atoms with Gasteiger partial charge >= 0.3 is 6.18 Å². The van der Waals surface area contributed by atoms with Gasteiger partial charge in [-0.1, -0.05) is 30.3 Å². The molecule has 0 spiro atoms. The van der Waals surface area contributed by atoms with Crippen molar-refractivity contribution < 1.29 is 23.1 Å². The lowest BCUT2D eigenvalue weighted by molar-refractivity contribution is -0.140. The van der Waals surface area contributed by atoms with Crippen LogP contribution in [-0.4, -0.2) is 27.9 Å². The number of aliphatic hydroxyl groups is 1. The van der Waals surface area contributed by atoms with Crippen LogP contribution in [0.3, 0.4) is 0 Å². The number of thiazole rings is 1. The smallest absolute Gasteiger partial charge is 0.378 e. The number of rotatable bonds is 4. The summed E-state index contributed by atoms with van der Waals surface area (Å²) in [4.78, 5) is 16.7. The molecule has 22 heavy (non-hydrogen) atoms. The number of benzene rings is 1. The third kappa shape index (κ3) is 3.83. The topological polar surface area (TPSA) is 53.4 Å². The van der Waals surface area contributed by atoms with Gasteiger partial charge in [-0.3, -0.25) is 4.79 Å². The Morgan fingerprint density at radius 2 is 2.00 bits per heavy atom. The number of halogens is 3. The second kappa shape index (κ2) is 6.45. The minimum Gasteiger partial charge on any atom is -0.378 e. The molecule has 8 heteroatoms. The highest BCUT2D eigenvalue weighted by Gasteiger charge is 2.34. The number of nitrogens with zero attached hydrogens (tertiary/aromatic N) is 2. The number of hydrogen-bond donors (Lipinski definition) is 1. The molecule has 2 aromatic rings. The molecule has 4 nitrogen and oxygen atoms in total. The maximum absolute atomic E-state index is 12.5.